The van der Waals surface area contributed by atoms with Crippen LogP contribution in [0, 0.1) is 0 Å². The summed E-state index contributed by atoms with van der Waals surface area (Å²) in [5.74, 6) is 0. The fourth-order valence-electron chi connectivity index (χ4n) is 1.84. The normalized spacial score (nSPS) is 24.7. The average molecular weight is 256 g/mol. The van der Waals surface area contributed by atoms with Crippen LogP contribution >= 0.6 is 0 Å². The van der Waals surface area contributed by atoms with Crippen molar-refractivity contribution >= 4 is 24.4 Å². The van der Waals surface area contributed by atoms with Crippen molar-refractivity contribution in [3.63, 3.8) is 0 Å². The molecule has 0 unspecified atom stereocenters. The molecule has 0 aromatic carbocycles. The molecule has 0 nitrogen and oxygen atoms in total. The predicted molar refractivity (Wildman–Crippen MR) is 53.3 cm³/mol. The number of rotatable bonds is 0. The van der Waals surface area contributed by atoms with Gasteiger partial charge in [0.25, 0.3) is 0 Å². The van der Waals surface area contributed by atoms with E-state index < -0.39 is 0 Å². The van der Waals surface area contributed by atoms with Gasteiger partial charge in [-0.15, -0.1) is 0 Å². The van der Waals surface area contributed by atoms with Gasteiger partial charge >= 0.3 is 85.8 Å². The Balaban J connectivity index is 0. The molecule has 66 valence electrons. The van der Waals surface area contributed by atoms with Crippen LogP contribution in [0.25, 0.3) is 0 Å². The van der Waals surface area contributed by atoms with Gasteiger partial charge in [0.1, 0.15) is 0 Å². The molecule has 0 amide bonds. The van der Waals surface area contributed by atoms with Gasteiger partial charge in [0.15, 0.2) is 0 Å². The van der Waals surface area contributed by atoms with Crippen molar-refractivity contribution in [3.05, 3.63) is 0 Å². The molecule has 0 saturated heterocycles. The summed E-state index contributed by atoms with van der Waals surface area (Å²) in [6.07, 6.45) is 13.7. The van der Waals surface area contributed by atoms with Crippen LogP contribution in [0.15, 0.2) is 0 Å². The Bertz CT molecular complexity index is 88.9. The summed E-state index contributed by atoms with van der Waals surface area (Å²) in [6.45, 7) is 0. The van der Waals surface area contributed by atoms with Crippen LogP contribution in [-0.4, -0.2) is 24.4 Å². The van der Waals surface area contributed by atoms with Crippen molar-refractivity contribution < 1.29 is 2.85 Å². The van der Waals surface area contributed by atoms with E-state index in [1.54, 1.807) is 12.8 Å². The third kappa shape index (κ3) is 5.16. The summed E-state index contributed by atoms with van der Waals surface area (Å²) in [7, 11) is 0. The molecule has 0 heterocycles. The molecule has 2 radical (unpaired) electrons. The molecule has 0 atom stereocenters. The molecule has 0 aromatic heterocycles. The van der Waals surface area contributed by atoms with Crippen LogP contribution in [0.5, 0.6) is 0 Å². The Morgan fingerprint density at radius 1 is 0.727 bits per heavy atom. The Morgan fingerprint density at radius 2 is 1.09 bits per heavy atom. The Labute approximate surface area is 88.7 Å². The summed E-state index contributed by atoms with van der Waals surface area (Å²) in [6, 6.07) is 0. The van der Waals surface area contributed by atoms with E-state index in [-0.39, 0.29) is 2.85 Å². The first kappa shape index (κ1) is 9.95. The van der Waals surface area contributed by atoms with Gasteiger partial charge in [-0.05, 0) is 0 Å². The van der Waals surface area contributed by atoms with Crippen molar-refractivity contribution in [2.24, 2.45) is 0 Å². The van der Waals surface area contributed by atoms with Crippen molar-refractivity contribution in [1.29, 1.82) is 0 Å². The maximum atomic E-state index is 1.54. The predicted octanol–water partition coefficient (Wildman–Crippen LogP) is 3.69. The van der Waals surface area contributed by atoms with Gasteiger partial charge in [-0.25, -0.2) is 0 Å². The molecule has 1 aliphatic carbocycles. The van der Waals surface area contributed by atoms with Crippen LogP contribution in [-0.2, 0) is 0 Å². The van der Waals surface area contributed by atoms with Gasteiger partial charge in [-0.1, -0.05) is 0 Å². The van der Waals surface area contributed by atoms with E-state index in [0.717, 1.165) is 3.67 Å². The Morgan fingerprint density at radius 3 is 1.55 bits per heavy atom. The molecule has 11 heavy (non-hydrogen) atoms. The summed E-state index contributed by atoms with van der Waals surface area (Å²) in [5.41, 5.74) is 0. The van der Waals surface area contributed by atoms with Gasteiger partial charge in [0, 0.05) is 0 Å². The van der Waals surface area contributed by atoms with Crippen LogP contribution < -0.4 is 0 Å². The number of hydrogen-bond acceptors (Lipinski definition) is 0. The van der Waals surface area contributed by atoms with E-state index in [1.807, 2.05) is 0 Å². The second-order valence-corrected chi connectivity index (χ2v) is 6.50. The van der Waals surface area contributed by atoms with E-state index >= 15 is 0 Å². The molecule has 0 aromatic rings. The van der Waals surface area contributed by atoms with Crippen molar-refractivity contribution in [3.8, 4) is 0 Å². The third-order valence-corrected chi connectivity index (χ3v) is 4.55. The van der Waals surface area contributed by atoms with Crippen LogP contribution in [0.2, 0.25) is 3.67 Å². The van der Waals surface area contributed by atoms with Crippen molar-refractivity contribution in [2.75, 3.05) is 0 Å². The molecular weight excluding hydrogens is 235 g/mol. The average Bonchev–Trinajstić information content (AvgIpc) is 2.03. The molecule has 0 spiro atoms. The van der Waals surface area contributed by atoms with Gasteiger partial charge in [0.2, 0.25) is 0 Å². The minimum absolute atomic E-state index is 0. The molecule has 1 fully saturated rings. The van der Waals surface area contributed by atoms with Gasteiger partial charge in [-0.2, -0.15) is 0 Å². The van der Waals surface area contributed by atoms with Gasteiger partial charge < -0.3 is 2.85 Å². The van der Waals surface area contributed by atoms with E-state index in [1.165, 1.54) is 69.3 Å². The van der Waals surface area contributed by atoms with Crippen LogP contribution in [0.4, 0.5) is 0 Å². The molecular formula is C10H21In-2. The van der Waals surface area contributed by atoms with E-state index in [0.29, 0.717) is 0 Å². The number of hydrogen-bond donors (Lipinski definition) is 0. The zero-order chi connectivity index (χ0) is 7.94. The van der Waals surface area contributed by atoms with Crippen LogP contribution in [0.1, 0.15) is 60.6 Å². The first-order chi connectivity index (χ1) is 5.39. The van der Waals surface area contributed by atoms with Gasteiger partial charge in [0.05, 0.1) is 0 Å². The zero-order valence-corrected chi connectivity index (χ0v) is 10.8. The summed E-state index contributed by atoms with van der Waals surface area (Å²) in [5, 5.41) is 0. The van der Waals surface area contributed by atoms with E-state index in [2.05, 4.69) is 0 Å². The Kier molecular flexibility index (Phi) is 5.79. The summed E-state index contributed by atoms with van der Waals surface area (Å²) < 4.78 is 1.14. The molecule has 1 aliphatic rings. The third-order valence-electron chi connectivity index (χ3n) is 2.65. The first-order valence-corrected chi connectivity index (χ1v) is 7.05. The minimum atomic E-state index is 0. The molecule has 0 aliphatic heterocycles. The maximum absolute atomic E-state index is 1.54. The quantitative estimate of drug-likeness (QED) is 0.620. The van der Waals surface area contributed by atoms with Gasteiger partial charge in [-0.3, -0.25) is 0 Å². The van der Waals surface area contributed by atoms with E-state index in [9.17, 15) is 0 Å². The molecule has 1 rings (SSSR count). The fraction of sp³-hybridized carbons (Fsp3) is 1.00. The summed E-state index contributed by atoms with van der Waals surface area (Å²) in [4.78, 5) is 0. The first-order valence-electron chi connectivity index (χ1n) is 5.15. The zero-order valence-electron chi connectivity index (χ0n) is 9.52. The standard InChI is InChI=1S/C10H19.In.2H/c1-2-4-6-8-10-9-7-5-3-1;;;/h1H,2-10H2;;;/q;;2*-1. The second kappa shape index (κ2) is 6.39. The van der Waals surface area contributed by atoms with Crippen LogP contribution in [0.3, 0.4) is 0 Å². The molecule has 0 N–H and O–H groups in total. The topological polar surface area (TPSA) is 0 Å². The molecule has 1 saturated carbocycles. The molecule has 1 heteroatoms. The van der Waals surface area contributed by atoms with E-state index in [4.69, 9.17) is 0 Å². The monoisotopic (exact) mass is 256 g/mol. The summed E-state index contributed by atoms with van der Waals surface area (Å²) >= 11 is 1.51. The fourth-order valence-corrected chi connectivity index (χ4v) is 3.19. The van der Waals surface area contributed by atoms with Crippen molar-refractivity contribution in [1.82, 2.24) is 0 Å². The SMILES string of the molecule is [H-].[H-].[In][CH]1CCCCCCCCC1. The second-order valence-electron chi connectivity index (χ2n) is 3.81. The Hall–Kier alpha value is 0.870. The van der Waals surface area contributed by atoms with Crippen molar-refractivity contribution in [2.45, 2.75) is 61.5 Å². The molecule has 0 bridgehead atoms.